The van der Waals surface area contributed by atoms with E-state index >= 15 is 0 Å². The van der Waals surface area contributed by atoms with Gasteiger partial charge in [0.1, 0.15) is 18.5 Å². The van der Waals surface area contributed by atoms with Crippen molar-refractivity contribution >= 4 is 18.3 Å². The van der Waals surface area contributed by atoms with Crippen LogP contribution in [0, 0.1) is 5.82 Å². The molecule has 1 saturated heterocycles. The predicted molar refractivity (Wildman–Crippen MR) is 109 cm³/mol. The number of halogens is 2. The molecule has 0 bridgehead atoms. The van der Waals surface area contributed by atoms with E-state index in [0.717, 1.165) is 49.5 Å². The van der Waals surface area contributed by atoms with Gasteiger partial charge in [0, 0.05) is 31.2 Å². The van der Waals surface area contributed by atoms with Crippen LogP contribution < -0.4 is 9.47 Å². The third kappa shape index (κ3) is 3.91. The van der Waals surface area contributed by atoms with Crippen molar-refractivity contribution in [3.63, 3.8) is 0 Å². The summed E-state index contributed by atoms with van der Waals surface area (Å²) in [5.74, 6) is 1.32. The lowest BCUT2D eigenvalue weighted by atomic mass is 10.0. The lowest BCUT2D eigenvalue weighted by Gasteiger charge is -2.39. The van der Waals surface area contributed by atoms with Crippen molar-refractivity contribution in [1.29, 1.82) is 0 Å². The average Bonchev–Trinajstić information content (AvgIpc) is 3.04. The number of amides is 1. The first kappa shape index (κ1) is 20.0. The summed E-state index contributed by atoms with van der Waals surface area (Å²) in [6, 6.07) is 12.3. The van der Waals surface area contributed by atoms with Gasteiger partial charge < -0.3 is 14.4 Å². The van der Waals surface area contributed by atoms with Crippen LogP contribution in [0.2, 0.25) is 0 Å². The second-order valence-corrected chi connectivity index (χ2v) is 7.79. The number of carbonyl (C=O) groups is 1. The van der Waals surface area contributed by atoms with E-state index in [1.54, 1.807) is 6.07 Å². The van der Waals surface area contributed by atoms with Crippen LogP contribution >= 0.6 is 12.4 Å². The van der Waals surface area contributed by atoms with Crippen molar-refractivity contribution in [2.75, 3.05) is 26.2 Å². The maximum absolute atomic E-state index is 13.5. The number of carbonyl (C=O) groups excluding carboxylic acids is 1. The van der Waals surface area contributed by atoms with Gasteiger partial charge in [-0.1, -0.05) is 12.1 Å². The molecule has 2 atom stereocenters. The Morgan fingerprint density at radius 2 is 1.97 bits per heavy atom. The summed E-state index contributed by atoms with van der Waals surface area (Å²) in [7, 11) is 0. The number of hydrogen-bond acceptors (Lipinski definition) is 4. The Bertz CT molecular complexity index is 909. The van der Waals surface area contributed by atoms with E-state index in [1.807, 2.05) is 29.2 Å². The molecule has 0 N–H and O–H groups in total. The van der Waals surface area contributed by atoms with E-state index in [1.165, 1.54) is 12.1 Å². The summed E-state index contributed by atoms with van der Waals surface area (Å²) in [6.45, 7) is 3.60. The van der Waals surface area contributed by atoms with Crippen LogP contribution in [-0.2, 0) is 6.54 Å². The van der Waals surface area contributed by atoms with Crippen LogP contribution in [0.5, 0.6) is 11.5 Å². The molecule has 0 aliphatic carbocycles. The molecule has 0 saturated carbocycles. The van der Waals surface area contributed by atoms with E-state index in [2.05, 4.69) is 4.90 Å². The summed E-state index contributed by atoms with van der Waals surface area (Å²) in [5.41, 5.74) is 1.43. The van der Waals surface area contributed by atoms with Crippen LogP contribution in [0.3, 0.4) is 0 Å². The third-order valence-electron chi connectivity index (χ3n) is 5.85. The summed E-state index contributed by atoms with van der Waals surface area (Å²) in [5, 5.41) is 0. The van der Waals surface area contributed by atoms with Crippen molar-refractivity contribution in [3.05, 3.63) is 59.4 Å². The average molecular weight is 419 g/mol. The van der Waals surface area contributed by atoms with Crippen molar-refractivity contribution in [2.24, 2.45) is 0 Å². The highest BCUT2D eigenvalue weighted by Gasteiger charge is 2.36. The van der Waals surface area contributed by atoms with Crippen molar-refractivity contribution < 1.29 is 18.7 Å². The molecular formula is C22H24ClFN2O3. The molecule has 3 aliphatic rings. The Hall–Kier alpha value is -2.31. The number of para-hydroxylation sites is 2. The Morgan fingerprint density at radius 3 is 2.83 bits per heavy atom. The Kier molecular flexibility index (Phi) is 5.65. The van der Waals surface area contributed by atoms with Gasteiger partial charge >= 0.3 is 0 Å². The Labute approximate surface area is 175 Å². The highest BCUT2D eigenvalue weighted by molar-refractivity contribution is 5.98. The number of hydrogen-bond donors (Lipinski definition) is 0. The summed E-state index contributed by atoms with van der Waals surface area (Å²) in [4.78, 5) is 17.0. The molecule has 0 spiro atoms. The zero-order valence-electron chi connectivity index (χ0n) is 16.1. The molecule has 2 aromatic rings. The smallest absolute Gasteiger partial charge is 0.254 e. The second kappa shape index (κ2) is 8.20. The molecule has 2 aromatic carbocycles. The summed E-state index contributed by atoms with van der Waals surface area (Å²) < 4.78 is 25.4. The van der Waals surface area contributed by atoms with E-state index in [9.17, 15) is 9.18 Å². The molecule has 3 aliphatic heterocycles. The van der Waals surface area contributed by atoms with Gasteiger partial charge in [-0.25, -0.2) is 4.39 Å². The van der Waals surface area contributed by atoms with Crippen LogP contribution in [0.1, 0.15) is 28.8 Å². The van der Waals surface area contributed by atoms with Gasteiger partial charge in [-0.3, -0.25) is 9.69 Å². The quantitative estimate of drug-likeness (QED) is 0.765. The highest BCUT2D eigenvalue weighted by atomic mass is 35.5. The maximum atomic E-state index is 13.5. The molecule has 1 amide bonds. The van der Waals surface area contributed by atoms with E-state index in [0.29, 0.717) is 18.7 Å². The zero-order valence-corrected chi connectivity index (χ0v) is 16.9. The number of piperidine rings is 1. The molecule has 3 heterocycles. The highest BCUT2D eigenvalue weighted by Crippen LogP contribution is 2.32. The molecule has 0 radical (unpaired) electrons. The largest absolute Gasteiger partial charge is 0.486 e. The van der Waals surface area contributed by atoms with Crippen LogP contribution in [0.25, 0.3) is 0 Å². The summed E-state index contributed by atoms with van der Waals surface area (Å²) in [6.07, 6.45) is 1.99. The molecule has 5 rings (SSSR count). The Balaban J connectivity index is 0.00000205. The number of benzene rings is 2. The Morgan fingerprint density at radius 1 is 1.14 bits per heavy atom. The fourth-order valence-corrected chi connectivity index (χ4v) is 4.50. The fourth-order valence-electron chi connectivity index (χ4n) is 4.50. The molecular weight excluding hydrogens is 395 g/mol. The first-order valence-corrected chi connectivity index (χ1v) is 9.87. The van der Waals surface area contributed by atoms with Gasteiger partial charge in [-0.15, -0.1) is 12.4 Å². The monoisotopic (exact) mass is 418 g/mol. The molecule has 5 nitrogen and oxygen atoms in total. The van der Waals surface area contributed by atoms with Crippen LogP contribution in [0.4, 0.5) is 4.39 Å². The summed E-state index contributed by atoms with van der Waals surface area (Å²) >= 11 is 0. The minimum atomic E-state index is -0.284. The molecule has 29 heavy (non-hydrogen) atoms. The molecule has 0 aromatic heterocycles. The molecule has 7 heteroatoms. The van der Waals surface area contributed by atoms with Gasteiger partial charge in [0.05, 0.1) is 0 Å². The number of fused-ring (bicyclic) bond motifs is 2. The normalized spacial score (nSPS) is 23.5. The topological polar surface area (TPSA) is 42.0 Å². The van der Waals surface area contributed by atoms with Crippen LogP contribution in [0.15, 0.2) is 42.5 Å². The molecule has 154 valence electrons. The van der Waals surface area contributed by atoms with Gasteiger partial charge in [-0.05, 0) is 55.3 Å². The first-order chi connectivity index (χ1) is 13.7. The SMILES string of the molecule is Cl.O=C1c2ccc(F)cc2CN1[C@H]1CCCN(C[C@H]2COc3ccccc3O2)C1. The van der Waals surface area contributed by atoms with Crippen molar-refractivity contribution in [3.8, 4) is 11.5 Å². The van der Waals surface area contributed by atoms with Crippen molar-refractivity contribution in [2.45, 2.75) is 31.5 Å². The van der Waals surface area contributed by atoms with E-state index in [4.69, 9.17) is 9.47 Å². The third-order valence-corrected chi connectivity index (χ3v) is 5.85. The second-order valence-electron chi connectivity index (χ2n) is 7.79. The van der Waals surface area contributed by atoms with E-state index in [-0.39, 0.29) is 36.3 Å². The fraction of sp³-hybridized carbons (Fsp3) is 0.409. The zero-order chi connectivity index (χ0) is 19.1. The standard InChI is InChI=1S/C22H23FN2O3.ClH/c23-16-7-8-19-15(10-16)11-25(22(19)26)17-4-3-9-24(12-17)13-18-14-27-20-5-1-2-6-21(20)28-18;/h1-2,5-8,10,17-18H,3-4,9,11-14H2;1H/t17-,18-;/m0./s1. The predicted octanol–water partition coefficient (Wildman–Crippen LogP) is 3.51. The maximum Gasteiger partial charge on any atom is 0.254 e. The van der Waals surface area contributed by atoms with Gasteiger partial charge in [0.25, 0.3) is 5.91 Å². The van der Waals surface area contributed by atoms with Gasteiger partial charge in [0.2, 0.25) is 0 Å². The number of rotatable bonds is 3. The number of nitrogens with zero attached hydrogens (tertiary/aromatic N) is 2. The first-order valence-electron chi connectivity index (χ1n) is 9.87. The minimum Gasteiger partial charge on any atom is -0.486 e. The van der Waals surface area contributed by atoms with Crippen molar-refractivity contribution in [1.82, 2.24) is 9.80 Å². The van der Waals surface area contributed by atoms with Gasteiger partial charge in [0.15, 0.2) is 11.5 Å². The lowest BCUT2D eigenvalue weighted by molar-refractivity contribution is 0.0306. The lowest BCUT2D eigenvalue weighted by Crippen LogP contribution is -2.51. The van der Waals surface area contributed by atoms with Gasteiger partial charge in [-0.2, -0.15) is 0 Å². The number of likely N-dealkylation sites (tertiary alicyclic amines) is 1. The molecule has 0 unspecified atom stereocenters. The van der Waals surface area contributed by atoms with Crippen LogP contribution in [-0.4, -0.2) is 54.1 Å². The van der Waals surface area contributed by atoms with E-state index < -0.39 is 0 Å². The minimum absolute atomic E-state index is 0. The molecule has 1 fully saturated rings. The number of ether oxygens (including phenoxy) is 2.